The SMILES string of the molecule is CC(CO)[C@@H]1CC[C@]2(C)CCC(=O)C(CCCCF)=C2C1. The first-order valence-corrected chi connectivity index (χ1v) is 8.44. The fourth-order valence-electron chi connectivity index (χ4n) is 4.06. The van der Waals surface area contributed by atoms with Crippen molar-refractivity contribution in [3.8, 4) is 0 Å². The number of unbranched alkanes of at least 4 members (excludes halogenated alkanes) is 1. The molecule has 2 rings (SSSR count). The number of Topliss-reactive ketones (excluding diaryl/α,β-unsaturated/α-hetero) is 1. The molecule has 2 aliphatic rings. The molecule has 0 radical (unpaired) electrons. The van der Waals surface area contributed by atoms with E-state index in [1.54, 1.807) is 0 Å². The van der Waals surface area contributed by atoms with Gasteiger partial charge in [0.2, 0.25) is 0 Å². The maximum atomic E-state index is 12.3. The fourth-order valence-corrected chi connectivity index (χ4v) is 4.06. The van der Waals surface area contributed by atoms with Crippen molar-refractivity contribution < 1.29 is 14.3 Å². The Hall–Kier alpha value is -0.700. The number of hydrogen-bond acceptors (Lipinski definition) is 2. The minimum absolute atomic E-state index is 0.171. The highest BCUT2D eigenvalue weighted by molar-refractivity contribution is 5.97. The first kappa shape index (κ1) is 16.7. The Morgan fingerprint density at radius 1 is 1.38 bits per heavy atom. The molecule has 0 aromatic heterocycles. The highest BCUT2D eigenvalue weighted by Crippen LogP contribution is 2.52. The van der Waals surface area contributed by atoms with Crippen LogP contribution in [0.2, 0.25) is 0 Å². The number of fused-ring (bicyclic) bond motifs is 1. The lowest BCUT2D eigenvalue weighted by Gasteiger charge is -2.45. The van der Waals surface area contributed by atoms with Gasteiger partial charge in [0.15, 0.2) is 5.78 Å². The van der Waals surface area contributed by atoms with Gasteiger partial charge in [0, 0.05) is 13.0 Å². The van der Waals surface area contributed by atoms with Crippen LogP contribution >= 0.6 is 0 Å². The van der Waals surface area contributed by atoms with Gasteiger partial charge in [-0.15, -0.1) is 0 Å². The van der Waals surface area contributed by atoms with E-state index < -0.39 is 0 Å². The van der Waals surface area contributed by atoms with Crippen molar-refractivity contribution in [2.24, 2.45) is 17.3 Å². The van der Waals surface area contributed by atoms with Crippen LogP contribution in [0.5, 0.6) is 0 Å². The van der Waals surface area contributed by atoms with Crippen LogP contribution in [0, 0.1) is 17.3 Å². The van der Waals surface area contributed by atoms with Crippen molar-refractivity contribution in [3.63, 3.8) is 0 Å². The van der Waals surface area contributed by atoms with Crippen LogP contribution in [0.1, 0.15) is 65.2 Å². The number of hydrogen-bond donors (Lipinski definition) is 1. The summed E-state index contributed by atoms with van der Waals surface area (Å²) < 4.78 is 12.3. The van der Waals surface area contributed by atoms with Gasteiger partial charge in [0.05, 0.1) is 6.67 Å². The molecule has 0 aromatic carbocycles. The monoisotopic (exact) mass is 296 g/mol. The van der Waals surface area contributed by atoms with Gasteiger partial charge in [-0.25, -0.2) is 0 Å². The zero-order chi connectivity index (χ0) is 15.5. The molecule has 21 heavy (non-hydrogen) atoms. The van der Waals surface area contributed by atoms with E-state index in [0.29, 0.717) is 30.5 Å². The highest BCUT2D eigenvalue weighted by atomic mass is 19.1. The van der Waals surface area contributed by atoms with Crippen LogP contribution in [0.4, 0.5) is 4.39 Å². The number of carbonyl (C=O) groups is 1. The average Bonchev–Trinajstić information content (AvgIpc) is 2.49. The number of ketones is 1. The van der Waals surface area contributed by atoms with Crippen molar-refractivity contribution in [3.05, 3.63) is 11.1 Å². The number of aliphatic hydroxyl groups is 1. The molecule has 1 saturated carbocycles. The largest absolute Gasteiger partial charge is 0.396 e. The van der Waals surface area contributed by atoms with Gasteiger partial charge in [-0.2, -0.15) is 0 Å². The molecule has 0 bridgehead atoms. The van der Waals surface area contributed by atoms with E-state index in [4.69, 9.17) is 0 Å². The van der Waals surface area contributed by atoms with Gasteiger partial charge in [0.1, 0.15) is 0 Å². The molecule has 0 aromatic rings. The zero-order valence-corrected chi connectivity index (χ0v) is 13.5. The Morgan fingerprint density at radius 2 is 2.14 bits per heavy atom. The second-order valence-electron chi connectivity index (χ2n) is 7.25. The number of allylic oxidation sites excluding steroid dienone is 2. The Morgan fingerprint density at radius 3 is 2.81 bits per heavy atom. The zero-order valence-electron chi connectivity index (χ0n) is 13.5. The van der Waals surface area contributed by atoms with E-state index in [1.807, 2.05) is 0 Å². The van der Waals surface area contributed by atoms with Crippen molar-refractivity contribution in [1.29, 1.82) is 0 Å². The third-order valence-electron chi connectivity index (χ3n) is 5.77. The molecule has 1 unspecified atom stereocenters. The molecule has 0 spiro atoms. The predicted molar refractivity (Wildman–Crippen MR) is 82.8 cm³/mol. The molecular formula is C18H29FO2. The lowest BCUT2D eigenvalue weighted by atomic mass is 9.59. The van der Waals surface area contributed by atoms with Crippen LogP contribution in [-0.4, -0.2) is 24.2 Å². The summed E-state index contributed by atoms with van der Waals surface area (Å²) in [7, 11) is 0. The number of aliphatic hydroxyl groups excluding tert-OH is 1. The summed E-state index contributed by atoms with van der Waals surface area (Å²) in [6.45, 7) is 4.32. The Bertz CT molecular complexity index is 415. The second-order valence-corrected chi connectivity index (χ2v) is 7.25. The van der Waals surface area contributed by atoms with E-state index in [1.165, 1.54) is 5.57 Å². The number of alkyl halides is 1. The summed E-state index contributed by atoms with van der Waals surface area (Å²) >= 11 is 0. The maximum Gasteiger partial charge on any atom is 0.158 e. The average molecular weight is 296 g/mol. The van der Waals surface area contributed by atoms with E-state index in [9.17, 15) is 14.3 Å². The van der Waals surface area contributed by atoms with Crippen molar-refractivity contribution in [1.82, 2.24) is 0 Å². The van der Waals surface area contributed by atoms with Crippen molar-refractivity contribution in [2.45, 2.75) is 65.2 Å². The molecular weight excluding hydrogens is 267 g/mol. The van der Waals surface area contributed by atoms with E-state index in [-0.39, 0.29) is 18.7 Å². The summed E-state index contributed by atoms with van der Waals surface area (Å²) in [6, 6.07) is 0. The van der Waals surface area contributed by atoms with E-state index in [2.05, 4.69) is 13.8 Å². The van der Waals surface area contributed by atoms with Gasteiger partial charge < -0.3 is 5.11 Å². The van der Waals surface area contributed by atoms with Crippen LogP contribution in [-0.2, 0) is 4.79 Å². The van der Waals surface area contributed by atoms with Gasteiger partial charge in [0.25, 0.3) is 0 Å². The molecule has 0 aliphatic heterocycles. The summed E-state index contributed by atoms with van der Waals surface area (Å²) in [6.07, 6.45) is 6.92. The Balaban J connectivity index is 2.23. The Kier molecular flexibility index (Phi) is 5.59. The molecule has 1 N–H and O–H groups in total. The van der Waals surface area contributed by atoms with Crippen LogP contribution in [0.3, 0.4) is 0 Å². The van der Waals surface area contributed by atoms with Crippen molar-refractivity contribution in [2.75, 3.05) is 13.3 Å². The summed E-state index contributed by atoms with van der Waals surface area (Å²) in [5.41, 5.74) is 2.52. The molecule has 0 heterocycles. The fraction of sp³-hybridized carbons (Fsp3) is 0.833. The van der Waals surface area contributed by atoms with Gasteiger partial charge in [-0.3, -0.25) is 9.18 Å². The molecule has 3 atom stereocenters. The van der Waals surface area contributed by atoms with E-state index >= 15 is 0 Å². The quantitative estimate of drug-likeness (QED) is 0.745. The van der Waals surface area contributed by atoms with Crippen LogP contribution in [0.15, 0.2) is 11.1 Å². The number of rotatable bonds is 6. The smallest absolute Gasteiger partial charge is 0.158 e. The third kappa shape index (κ3) is 3.56. The molecule has 0 amide bonds. The highest BCUT2D eigenvalue weighted by Gasteiger charge is 2.42. The number of halogens is 1. The van der Waals surface area contributed by atoms with Crippen LogP contribution < -0.4 is 0 Å². The maximum absolute atomic E-state index is 12.3. The second kappa shape index (κ2) is 7.04. The summed E-state index contributed by atoms with van der Waals surface area (Å²) in [4.78, 5) is 12.3. The lowest BCUT2D eigenvalue weighted by Crippen LogP contribution is -2.36. The normalized spacial score (nSPS) is 31.2. The van der Waals surface area contributed by atoms with E-state index in [0.717, 1.165) is 44.1 Å². The lowest BCUT2D eigenvalue weighted by molar-refractivity contribution is -0.117. The minimum atomic E-state index is -0.293. The molecule has 3 heteroatoms. The number of carbonyl (C=O) groups excluding carboxylic acids is 1. The Labute approximate surface area is 127 Å². The molecule has 0 saturated heterocycles. The first-order valence-electron chi connectivity index (χ1n) is 8.44. The molecule has 1 fully saturated rings. The predicted octanol–water partition coefficient (Wildman–Crippen LogP) is 4.22. The third-order valence-corrected chi connectivity index (χ3v) is 5.77. The van der Waals surface area contributed by atoms with Gasteiger partial charge in [-0.1, -0.05) is 19.4 Å². The van der Waals surface area contributed by atoms with Gasteiger partial charge >= 0.3 is 0 Å². The summed E-state index contributed by atoms with van der Waals surface area (Å²) in [5.74, 6) is 1.07. The summed E-state index contributed by atoms with van der Waals surface area (Å²) in [5, 5.41) is 9.41. The van der Waals surface area contributed by atoms with Crippen LogP contribution in [0.25, 0.3) is 0 Å². The molecule has 2 aliphatic carbocycles. The van der Waals surface area contributed by atoms with Gasteiger partial charge in [-0.05, 0) is 67.8 Å². The topological polar surface area (TPSA) is 37.3 Å². The minimum Gasteiger partial charge on any atom is -0.396 e. The molecule has 120 valence electrons. The van der Waals surface area contributed by atoms with Crippen molar-refractivity contribution >= 4 is 5.78 Å². The molecule has 2 nitrogen and oxygen atoms in total. The first-order chi connectivity index (χ1) is 10.0. The standard InChI is InChI=1S/C18H29FO2/c1-13(12-20)14-6-8-18(2)9-7-17(21)15(16(18)11-14)5-3-4-10-19/h13-14,20H,3-12H2,1-2H3/t13?,14-,18-/m1/s1.